The largest absolute Gasteiger partial charge is 0.326 e. The van der Waals surface area contributed by atoms with Gasteiger partial charge in [-0.3, -0.25) is 0 Å². The van der Waals surface area contributed by atoms with Crippen LogP contribution in [0.15, 0.2) is 26.9 Å². The highest BCUT2D eigenvalue weighted by Crippen LogP contribution is 2.25. The molecule has 0 radical (unpaired) electrons. The average Bonchev–Trinajstić information content (AvgIpc) is 2.85. The molecule has 8 heteroatoms. The molecule has 0 atom stereocenters. The van der Waals surface area contributed by atoms with Crippen molar-refractivity contribution >= 4 is 37.3 Å². The molecule has 0 saturated carbocycles. The number of nitrogens with two attached hydrogens (primary N) is 1. The van der Waals surface area contributed by atoms with Crippen LogP contribution < -0.4 is 10.5 Å². The number of aromatic nitrogens is 1. The van der Waals surface area contributed by atoms with Crippen molar-refractivity contribution in [1.82, 2.24) is 9.71 Å². The highest BCUT2D eigenvalue weighted by Gasteiger charge is 2.19. The fraction of sp³-hybridized carbons (Fsp3) is 0.308. The summed E-state index contributed by atoms with van der Waals surface area (Å²) in [5.74, 6) is 0. The Morgan fingerprint density at radius 1 is 1.38 bits per heavy atom. The highest BCUT2D eigenvalue weighted by molar-refractivity contribution is 9.10. The Hall–Kier alpha value is -0.800. The zero-order valence-electron chi connectivity index (χ0n) is 11.7. The van der Waals surface area contributed by atoms with Gasteiger partial charge in [-0.25, -0.2) is 18.1 Å². The van der Waals surface area contributed by atoms with Crippen LogP contribution in [0.25, 0.3) is 0 Å². The van der Waals surface area contributed by atoms with E-state index in [2.05, 4.69) is 25.6 Å². The van der Waals surface area contributed by atoms with Crippen LogP contribution in [0.1, 0.15) is 21.8 Å². The van der Waals surface area contributed by atoms with E-state index in [1.54, 1.807) is 13.0 Å². The van der Waals surface area contributed by atoms with Crippen LogP contribution in [0.5, 0.6) is 0 Å². The molecule has 3 N–H and O–H groups in total. The number of sulfonamides is 1. The molecule has 0 spiro atoms. The van der Waals surface area contributed by atoms with Gasteiger partial charge in [0.25, 0.3) is 0 Å². The van der Waals surface area contributed by atoms with Crippen LogP contribution in [0.4, 0.5) is 0 Å². The first-order valence-electron chi connectivity index (χ1n) is 6.23. The van der Waals surface area contributed by atoms with Crippen molar-refractivity contribution in [2.75, 3.05) is 0 Å². The number of halogens is 1. The van der Waals surface area contributed by atoms with Crippen LogP contribution in [0, 0.1) is 13.8 Å². The SMILES string of the molecule is Cc1nc(CNS(=O)(=O)c2cc(CN)cc(Br)c2C)cs1. The molecular formula is C13H16BrN3O2S2. The van der Waals surface area contributed by atoms with E-state index in [9.17, 15) is 8.42 Å². The minimum atomic E-state index is -3.61. The van der Waals surface area contributed by atoms with Crippen LogP contribution >= 0.6 is 27.3 Å². The van der Waals surface area contributed by atoms with Crippen molar-refractivity contribution in [2.45, 2.75) is 31.8 Å². The van der Waals surface area contributed by atoms with Gasteiger partial charge in [-0.2, -0.15) is 0 Å². The van der Waals surface area contributed by atoms with Crippen molar-refractivity contribution in [1.29, 1.82) is 0 Å². The van der Waals surface area contributed by atoms with Gasteiger partial charge in [-0.15, -0.1) is 11.3 Å². The van der Waals surface area contributed by atoms with Gasteiger partial charge in [-0.05, 0) is 37.1 Å². The number of hydrogen-bond acceptors (Lipinski definition) is 5. The number of rotatable bonds is 5. The Morgan fingerprint density at radius 3 is 2.67 bits per heavy atom. The van der Waals surface area contributed by atoms with Gasteiger partial charge < -0.3 is 5.73 Å². The zero-order valence-corrected chi connectivity index (χ0v) is 14.9. The Labute approximate surface area is 136 Å². The summed E-state index contributed by atoms with van der Waals surface area (Å²) in [5, 5.41) is 2.75. The number of aryl methyl sites for hydroxylation is 1. The average molecular weight is 390 g/mol. The molecule has 0 aliphatic carbocycles. The number of nitrogens with one attached hydrogen (secondary N) is 1. The smallest absolute Gasteiger partial charge is 0.241 e. The molecule has 0 fully saturated rings. The Morgan fingerprint density at radius 2 is 2.10 bits per heavy atom. The normalized spacial score (nSPS) is 11.8. The second-order valence-corrected chi connectivity index (χ2v) is 8.24. The van der Waals surface area contributed by atoms with E-state index in [0.29, 0.717) is 11.3 Å². The van der Waals surface area contributed by atoms with E-state index in [0.717, 1.165) is 15.0 Å². The first-order valence-corrected chi connectivity index (χ1v) is 9.39. The maximum atomic E-state index is 12.5. The number of benzene rings is 1. The van der Waals surface area contributed by atoms with Crippen molar-refractivity contribution in [3.63, 3.8) is 0 Å². The third-order valence-corrected chi connectivity index (χ3v) is 6.16. The van der Waals surface area contributed by atoms with Crippen LogP contribution in [0.2, 0.25) is 0 Å². The standard InChI is InChI=1S/C13H16BrN3O2S2/c1-8-12(14)3-10(5-15)4-13(8)21(18,19)16-6-11-7-20-9(2)17-11/h3-4,7,16H,5-6,15H2,1-2H3. The first kappa shape index (κ1) is 16.6. The van der Waals surface area contributed by atoms with Gasteiger partial charge in [0.2, 0.25) is 10.0 Å². The van der Waals surface area contributed by atoms with E-state index in [-0.39, 0.29) is 18.0 Å². The van der Waals surface area contributed by atoms with Crippen LogP contribution in [0.3, 0.4) is 0 Å². The summed E-state index contributed by atoms with van der Waals surface area (Å²) in [7, 11) is -3.61. The molecule has 5 nitrogen and oxygen atoms in total. The molecule has 0 bridgehead atoms. The summed E-state index contributed by atoms with van der Waals surface area (Å²) in [6.07, 6.45) is 0. The van der Waals surface area contributed by atoms with Gasteiger partial charge in [0, 0.05) is 16.4 Å². The number of nitrogens with zero attached hydrogens (tertiary/aromatic N) is 1. The van der Waals surface area contributed by atoms with E-state index in [4.69, 9.17) is 5.73 Å². The molecule has 2 rings (SSSR count). The minimum absolute atomic E-state index is 0.177. The summed E-state index contributed by atoms with van der Waals surface area (Å²) >= 11 is 4.86. The number of thiazole rings is 1. The maximum Gasteiger partial charge on any atom is 0.241 e. The predicted octanol–water partition coefficient (Wildman–Crippen LogP) is 2.46. The Kier molecular flexibility index (Phi) is 5.15. The summed E-state index contributed by atoms with van der Waals surface area (Å²) in [6, 6.07) is 3.44. The summed E-state index contributed by atoms with van der Waals surface area (Å²) in [5.41, 5.74) is 7.74. The monoisotopic (exact) mass is 389 g/mol. The van der Waals surface area contributed by atoms with Crippen LogP contribution in [-0.2, 0) is 23.1 Å². The second-order valence-electron chi connectivity index (χ2n) is 4.59. The van der Waals surface area contributed by atoms with Gasteiger partial charge >= 0.3 is 0 Å². The highest BCUT2D eigenvalue weighted by atomic mass is 79.9. The fourth-order valence-corrected chi connectivity index (χ4v) is 4.40. The Balaban J connectivity index is 2.29. The molecule has 0 aliphatic rings. The zero-order chi connectivity index (χ0) is 15.6. The van der Waals surface area contributed by atoms with Crippen molar-refractivity contribution < 1.29 is 8.42 Å². The molecule has 0 amide bonds. The molecular weight excluding hydrogens is 374 g/mol. The summed E-state index contributed by atoms with van der Waals surface area (Å²) in [4.78, 5) is 4.48. The predicted molar refractivity (Wildman–Crippen MR) is 87.6 cm³/mol. The van der Waals surface area contributed by atoms with E-state index < -0.39 is 10.0 Å². The topological polar surface area (TPSA) is 85.1 Å². The summed E-state index contributed by atoms with van der Waals surface area (Å²) in [6.45, 7) is 4.10. The Bertz CT molecular complexity index is 757. The van der Waals surface area contributed by atoms with Gasteiger partial charge in [0.05, 0.1) is 22.1 Å². The molecule has 1 aromatic carbocycles. The molecule has 1 aromatic heterocycles. The lowest BCUT2D eigenvalue weighted by molar-refractivity contribution is 0.579. The van der Waals surface area contributed by atoms with Crippen molar-refractivity contribution in [2.24, 2.45) is 5.73 Å². The third-order valence-electron chi connectivity index (χ3n) is 2.99. The lowest BCUT2D eigenvalue weighted by Gasteiger charge is -2.12. The molecule has 0 unspecified atom stereocenters. The minimum Gasteiger partial charge on any atom is -0.326 e. The molecule has 1 heterocycles. The van der Waals surface area contributed by atoms with E-state index >= 15 is 0 Å². The summed E-state index contributed by atoms with van der Waals surface area (Å²) < 4.78 is 28.2. The maximum absolute atomic E-state index is 12.5. The lowest BCUT2D eigenvalue weighted by atomic mass is 10.1. The molecule has 114 valence electrons. The molecule has 21 heavy (non-hydrogen) atoms. The van der Waals surface area contributed by atoms with Gasteiger partial charge in [0.15, 0.2) is 0 Å². The number of hydrogen-bond donors (Lipinski definition) is 2. The van der Waals surface area contributed by atoms with E-state index in [1.807, 2.05) is 18.4 Å². The molecule has 2 aromatic rings. The molecule has 0 saturated heterocycles. The van der Waals surface area contributed by atoms with Gasteiger partial charge in [0.1, 0.15) is 0 Å². The van der Waals surface area contributed by atoms with Crippen LogP contribution in [-0.4, -0.2) is 13.4 Å². The van der Waals surface area contributed by atoms with E-state index in [1.165, 1.54) is 11.3 Å². The fourth-order valence-electron chi connectivity index (χ4n) is 1.84. The third kappa shape index (κ3) is 3.89. The van der Waals surface area contributed by atoms with Crippen molar-refractivity contribution in [3.8, 4) is 0 Å². The van der Waals surface area contributed by atoms with Crippen molar-refractivity contribution in [3.05, 3.63) is 43.8 Å². The first-order chi connectivity index (χ1) is 9.83. The quantitative estimate of drug-likeness (QED) is 0.822. The van der Waals surface area contributed by atoms with Gasteiger partial charge in [-0.1, -0.05) is 15.9 Å². The molecule has 0 aliphatic heterocycles. The second kappa shape index (κ2) is 6.53. The lowest BCUT2D eigenvalue weighted by Crippen LogP contribution is -2.24.